The molecule has 14 heteroatoms. The molecule has 14 nitrogen and oxygen atoms in total. The van der Waals surface area contributed by atoms with Gasteiger partial charge in [0.15, 0.2) is 0 Å². The van der Waals surface area contributed by atoms with E-state index in [-0.39, 0.29) is 19.3 Å². The molecule has 0 spiro atoms. The van der Waals surface area contributed by atoms with E-state index in [1.165, 1.54) is 12.5 Å². The molecule has 0 radical (unpaired) electrons. The monoisotopic (exact) mass is 556 g/mol. The van der Waals surface area contributed by atoms with Gasteiger partial charge in [-0.3, -0.25) is 14.4 Å². The van der Waals surface area contributed by atoms with Gasteiger partial charge in [0.25, 0.3) is 0 Å². The molecular weight excluding hydrogens is 520 g/mol. The van der Waals surface area contributed by atoms with Crippen molar-refractivity contribution < 1.29 is 29.4 Å². The van der Waals surface area contributed by atoms with Gasteiger partial charge in [0.1, 0.15) is 24.2 Å². The summed E-state index contributed by atoms with van der Waals surface area (Å²) in [5.41, 5.74) is 13.2. The van der Waals surface area contributed by atoms with Crippen LogP contribution in [0.2, 0.25) is 0 Å². The first-order valence-corrected chi connectivity index (χ1v) is 13.0. The fourth-order valence-corrected chi connectivity index (χ4v) is 4.21. The van der Waals surface area contributed by atoms with E-state index < -0.39 is 54.5 Å². The number of fused-ring (bicyclic) bond motifs is 1. The molecule has 1 aromatic carbocycles. The lowest BCUT2D eigenvalue weighted by molar-refractivity contribution is -0.142. The maximum atomic E-state index is 13.5. The van der Waals surface area contributed by atoms with Crippen LogP contribution in [0.5, 0.6) is 0 Å². The minimum Gasteiger partial charge on any atom is -0.480 e. The van der Waals surface area contributed by atoms with Crippen molar-refractivity contribution in [2.24, 2.45) is 11.5 Å². The van der Waals surface area contributed by atoms with E-state index in [9.17, 15) is 29.4 Å². The van der Waals surface area contributed by atoms with E-state index in [0.717, 1.165) is 16.5 Å². The zero-order valence-corrected chi connectivity index (χ0v) is 21.9. The number of unbranched alkanes of at least 4 members (excludes halogenated alkanes) is 1. The van der Waals surface area contributed by atoms with Crippen LogP contribution in [0.4, 0.5) is 0 Å². The third-order valence-corrected chi connectivity index (χ3v) is 6.44. The van der Waals surface area contributed by atoms with Crippen molar-refractivity contribution in [2.45, 2.75) is 56.3 Å². The van der Waals surface area contributed by atoms with Gasteiger partial charge in [0, 0.05) is 41.8 Å². The second kappa shape index (κ2) is 14.8. The topological polar surface area (TPSA) is 241 Å². The van der Waals surface area contributed by atoms with Gasteiger partial charge in [-0.05, 0) is 37.4 Å². The molecule has 3 amide bonds. The molecule has 216 valence electrons. The molecule has 2 aromatic heterocycles. The van der Waals surface area contributed by atoms with E-state index in [1.54, 1.807) is 6.20 Å². The fraction of sp³-hybridized carbons (Fsp3) is 0.423. The molecule has 0 aliphatic carbocycles. The molecular formula is C26H36N8O6. The van der Waals surface area contributed by atoms with E-state index in [4.69, 9.17) is 11.5 Å². The summed E-state index contributed by atoms with van der Waals surface area (Å²) < 4.78 is 0. The number of aliphatic hydroxyl groups is 1. The number of aliphatic carboxylic acids is 1. The number of carboxylic acid groups (broad SMARTS) is 1. The summed E-state index contributed by atoms with van der Waals surface area (Å²) in [4.78, 5) is 61.1. The van der Waals surface area contributed by atoms with E-state index in [2.05, 4.69) is 30.9 Å². The summed E-state index contributed by atoms with van der Waals surface area (Å²) in [6.45, 7) is -0.237. The zero-order chi connectivity index (χ0) is 29.1. The lowest BCUT2D eigenvalue weighted by Crippen LogP contribution is -2.58. The molecule has 0 saturated heterocycles. The third kappa shape index (κ3) is 8.36. The minimum atomic E-state index is -1.26. The van der Waals surface area contributed by atoms with Crippen LogP contribution in [0.25, 0.3) is 10.9 Å². The summed E-state index contributed by atoms with van der Waals surface area (Å²) in [5.74, 6) is -3.36. The lowest BCUT2D eigenvalue weighted by atomic mass is 10.0. The second-order valence-corrected chi connectivity index (χ2v) is 9.44. The molecule has 0 fully saturated rings. The Morgan fingerprint density at radius 2 is 1.60 bits per heavy atom. The number of aromatic amines is 2. The molecule has 40 heavy (non-hydrogen) atoms. The average Bonchev–Trinajstić information content (AvgIpc) is 3.61. The number of nitrogens with two attached hydrogens (primary N) is 2. The van der Waals surface area contributed by atoms with E-state index in [1.807, 2.05) is 24.3 Å². The predicted octanol–water partition coefficient (Wildman–Crippen LogP) is -1.34. The molecule has 0 bridgehead atoms. The number of benzene rings is 1. The Labute approximate surface area is 230 Å². The lowest BCUT2D eigenvalue weighted by Gasteiger charge is -2.25. The normalized spacial score (nSPS) is 14.2. The largest absolute Gasteiger partial charge is 0.480 e. The Hall–Kier alpha value is -4.27. The van der Waals surface area contributed by atoms with Crippen molar-refractivity contribution in [2.75, 3.05) is 13.2 Å². The van der Waals surface area contributed by atoms with Crippen molar-refractivity contribution in [1.82, 2.24) is 30.9 Å². The summed E-state index contributed by atoms with van der Waals surface area (Å²) in [6.07, 6.45) is 5.91. The number of nitrogens with one attached hydrogen (secondary N) is 5. The van der Waals surface area contributed by atoms with Crippen LogP contribution in [0.1, 0.15) is 30.5 Å². The van der Waals surface area contributed by atoms with Gasteiger partial charge < -0.3 is 47.6 Å². The Balaban J connectivity index is 1.86. The molecule has 0 saturated carbocycles. The van der Waals surface area contributed by atoms with Crippen LogP contribution in [0, 0.1) is 0 Å². The SMILES string of the molecule is NCCCCC(NC(=O)C(Cc1c[nH]c2ccccc12)NC(=O)C(Cc1cnc[nH]1)NC(=O)C(N)CO)C(=O)O. The van der Waals surface area contributed by atoms with Crippen molar-refractivity contribution in [1.29, 1.82) is 0 Å². The number of amides is 3. The average molecular weight is 557 g/mol. The van der Waals surface area contributed by atoms with E-state index >= 15 is 0 Å². The number of hydrogen-bond acceptors (Lipinski definition) is 8. The molecule has 11 N–H and O–H groups in total. The number of para-hydroxylation sites is 1. The van der Waals surface area contributed by atoms with Gasteiger partial charge in [-0.1, -0.05) is 18.2 Å². The third-order valence-electron chi connectivity index (χ3n) is 6.44. The summed E-state index contributed by atoms with van der Waals surface area (Å²) in [5, 5.41) is 27.5. The highest BCUT2D eigenvalue weighted by atomic mass is 16.4. The summed E-state index contributed by atoms with van der Waals surface area (Å²) in [7, 11) is 0. The molecule has 3 rings (SSSR count). The number of rotatable bonds is 16. The molecule has 2 heterocycles. The highest BCUT2D eigenvalue weighted by Gasteiger charge is 2.31. The Morgan fingerprint density at radius 1 is 0.925 bits per heavy atom. The number of carboxylic acids is 1. The van der Waals surface area contributed by atoms with Gasteiger partial charge in [-0.25, -0.2) is 9.78 Å². The van der Waals surface area contributed by atoms with Crippen molar-refractivity contribution >= 4 is 34.6 Å². The molecule has 4 unspecified atom stereocenters. The number of carbonyl (C=O) groups excluding carboxylic acids is 3. The molecule has 0 aliphatic heterocycles. The van der Waals surface area contributed by atoms with Crippen LogP contribution in [-0.2, 0) is 32.0 Å². The highest BCUT2D eigenvalue weighted by molar-refractivity contribution is 5.95. The van der Waals surface area contributed by atoms with Crippen LogP contribution in [0.3, 0.4) is 0 Å². The van der Waals surface area contributed by atoms with Crippen molar-refractivity contribution in [3.8, 4) is 0 Å². The van der Waals surface area contributed by atoms with Gasteiger partial charge in [0.05, 0.1) is 12.9 Å². The van der Waals surface area contributed by atoms with Crippen LogP contribution in [-0.4, -0.2) is 86.2 Å². The van der Waals surface area contributed by atoms with Gasteiger partial charge in [-0.2, -0.15) is 0 Å². The van der Waals surface area contributed by atoms with Crippen molar-refractivity contribution in [3.05, 3.63) is 54.2 Å². The number of aliphatic hydroxyl groups excluding tert-OH is 1. The van der Waals surface area contributed by atoms with Crippen molar-refractivity contribution in [3.63, 3.8) is 0 Å². The Morgan fingerprint density at radius 3 is 2.25 bits per heavy atom. The van der Waals surface area contributed by atoms with Gasteiger partial charge in [-0.15, -0.1) is 0 Å². The Bertz CT molecular complexity index is 1280. The number of carbonyl (C=O) groups is 4. The smallest absolute Gasteiger partial charge is 0.326 e. The molecule has 0 aliphatic rings. The quantitative estimate of drug-likeness (QED) is 0.0947. The standard InChI is InChI=1S/C26H36N8O6/c27-8-4-3-7-20(26(39)40)32-24(37)21(9-15-11-30-19-6-2-1-5-17(15)19)34-25(38)22(10-16-12-29-14-31-16)33-23(36)18(28)13-35/h1-2,5-6,11-12,14,18,20-22,30,35H,3-4,7-10,13,27-28H2,(H,29,31)(H,32,37)(H,33,36)(H,34,38)(H,39,40). The second-order valence-electron chi connectivity index (χ2n) is 9.44. The van der Waals surface area contributed by atoms with Crippen LogP contribution >= 0.6 is 0 Å². The number of imidazole rings is 1. The molecule has 3 aromatic rings. The number of aromatic nitrogens is 3. The number of H-pyrrole nitrogens is 2. The first-order valence-electron chi connectivity index (χ1n) is 13.0. The summed E-state index contributed by atoms with van der Waals surface area (Å²) in [6, 6.07) is 2.63. The van der Waals surface area contributed by atoms with Crippen LogP contribution in [0.15, 0.2) is 43.0 Å². The maximum absolute atomic E-state index is 13.5. The van der Waals surface area contributed by atoms with Crippen LogP contribution < -0.4 is 27.4 Å². The number of nitrogens with zero attached hydrogens (tertiary/aromatic N) is 1. The Kier molecular flexibility index (Phi) is 11.2. The van der Waals surface area contributed by atoms with Gasteiger partial charge in [0.2, 0.25) is 17.7 Å². The van der Waals surface area contributed by atoms with Gasteiger partial charge >= 0.3 is 5.97 Å². The maximum Gasteiger partial charge on any atom is 0.326 e. The highest BCUT2D eigenvalue weighted by Crippen LogP contribution is 2.19. The minimum absolute atomic E-state index is 0.00597. The molecule has 4 atom stereocenters. The number of hydrogen-bond donors (Lipinski definition) is 9. The fourth-order valence-electron chi connectivity index (χ4n) is 4.21. The predicted molar refractivity (Wildman–Crippen MR) is 146 cm³/mol. The zero-order valence-electron chi connectivity index (χ0n) is 21.9. The first kappa shape index (κ1) is 30.3. The summed E-state index contributed by atoms with van der Waals surface area (Å²) >= 11 is 0. The van der Waals surface area contributed by atoms with E-state index in [0.29, 0.717) is 25.1 Å². The first-order chi connectivity index (χ1) is 19.2.